The van der Waals surface area contributed by atoms with Crippen LogP contribution in [0.5, 0.6) is 11.5 Å². The first kappa shape index (κ1) is 20.4. The molecule has 3 aromatic rings. The Labute approximate surface area is 173 Å². The van der Waals surface area contributed by atoms with Gasteiger partial charge < -0.3 is 9.47 Å². The summed E-state index contributed by atoms with van der Waals surface area (Å²) in [5, 5.41) is 0. The van der Waals surface area contributed by atoms with Crippen molar-refractivity contribution in [3.05, 3.63) is 81.5 Å². The molecule has 2 N–H and O–H groups in total. The number of thiophene rings is 1. The van der Waals surface area contributed by atoms with Crippen molar-refractivity contribution in [3.8, 4) is 11.5 Å². The van der Waals surface area contributed by atoms with Crippen LogP contribution in [0, 0.1) is 13.8 Å². The first-order valence-electron chi connectivity index (χ1n) is 9.07. The fourth-order valence-corrected chi connectivity index (χ4v) is 3.53. The van der Waals surface area contributed by atoms with Gasteiger partial charge in [0.25, 0.3) is 11.8 Å². The molecule has 0 aliphatic rings. The van der Waals surface area contributed by atoms with E-state index in [9.17, 15) is 9.59 Å². The number of amides is 2. The van der Waals surface area contributed by atoms with Gasteiger partial charge in [0.15, 0.2) is 6.61 Å². The molecule has 2 amide bonds. The van der Waals surface area contributed by atoms with E-state index < -0.39 is 5.91 Å². The van der Waals surface area contributed by atoms with Gasteiger partial charge >= 0.3 is 0 Å². The highest BCUT2D eigenvalue weighted by Gasteiger charge is 2.12. The fraction of sp³-hybridized carbons (Fsp3) is 0.182. The number of hydrogen-bond donors (Lipinski definition) is 2. The van der Waals surface area contributed by atoms with E-state index in [1.54, 1.807) is 30.3 Å². The molecule has 0 spiro atoms. The largest absolute Gasteiger partial charge is 0.489 e. The number of benzene rings is 2. The van der Waals surface area contributed by atoms with Crippen LogP contribution in [0.2, 0.25) is 0 Å². The molecule has 2 aromatic carbocycles. The van der Waals surface area contributed by atoms with E-state index in [1.165, 1.54) is 11.3 Å². The maximum Gasteiger partial charge on any atom is 0.276 e. The summed E-state index contributed by atoms with van der Waals surface area (Å²) in [4.78, 5) is 25.9. The average molecular weight is 410 g/mol. The van der Waals surface area contributed by atoms with Crippen LogP contribution < -0.4 is 20.3 Å². The van der Waals surface area contributed by atoms with Crippen LogP contribution in [0.15, 0.2) is 60.7 Å². The van der Waals surface area contributed by atoms with E-state index in [0.29, 0.717) is 23.7 Å². The quantitative estimate of drug-likeness (QED) is 0.581. The maximum absolute atomic E-state index is 12.1. The van der Waals surface area contributed by atoms with Crippen LogP contribution in [0.4, 0.5) is 0 Å². The molecular formula is C22H22N2O4S. The first-order valence-corrected chi connectivity index (χ1v) is 9.89. The SMILES string of the molecule is Cc1cc(C(=O)NNC(=O)COc2ccc(OCc3ccccc3)cc2)c(C)s1. The lowest BCUT2D eigenvalue weighted by Crippen LogP contribution is -2.43. The van der Waals surface area contributed by atoms with E-state index in [-0.39, 0.29) is 12.5 Å². The zero-order chi connectivity index (χ0) is 20.6. The number of carbonyl (C=O) groups excluding carboxylic acids is 2. The van der Waals surface area contributed by atoms with Crippen molar-refractivity contribution >= 4 is 23.2 Å². The highest BCUT2D eigenvalue weighted by atomic mass is 32.1. The molecule has 0 aliphatic carbocycles. The number of nitrogens with one attached hydrogen (secondary N) is 2. The second-order valence-electron chi connectivity index (χ2n) is 6.36. The second kappa shape index (κ2) is 9.75. The molecular weight excluding hydrogens is 388 g/mol. The minimum absolute atomic E-state index is 0.216. The lowest BCUT2D eigenvalue weighted by Gasteiger charge is -2.10. The maximum atomic E-state index is 12.1. The number of rotatable bonds is 7. The molecule has 0 atom stereocenters. The van der Waals surface area contributed by atoms with Crippen molar-refractivity contribution in [3.63, 3.8) is 0 Å². The van der Waals surface area contributed by atoms with Gasteiger partial charge in [-0.15, -0.1) is 11.3 Å². The molecule has 150 valence electrons. The number of hydrazine groups is 1. The Morgan fingerprint density at radius 3 is 2.17 bits per heavy atom. The molecule has 0 saturated heterocycles. The van der Waals surface area contributed by atoms with Crippen molar-refractivity contribution in [2.24, 2.45) is 0 Å². The van der Waals surface area contributed by atoms with E-state index in [4.69, 9.17) is 9.47 Å². The minimum atomic E-state index is -0.452. The Morgan fingerprint density at radius 2 is 1.55 bits per heavy atom. The van der Waals surface area contributed by atoms with Gasteiger partial charge in [-0.25, -0.2) is 0 Å². The van der Waals surface area contributed by atoms with Gasteiger partial charge in [0.05, 0.1) is 5.56 Å². The summed E-state index contributed by atoms with van der Waals surface area (Å²) in [7, 11) is 0. The highest BCUT2D eigenvalue weighted by molar-refractivity contribution is 7.12. The summed E-state index contributed by atoms with van der Waals surface area (Å²) in [6.45, 7) is 4.06. The number of aryl methyl sites for hydroxylation is 2. The Morgan fingerprint density at radius 1 is 0.897 bits per heavy atom. The third-order valence-electron chi connectivity index (χ3n) is 4.04. The third-order valence-corrected chi connectivity index (χ3v) is 5.01. The molecule has 0 radical (unpaired) electrons. The van der Waals surface area contributed by atoms with E-state index in [2.05, 4.69) is 10.9 Å². The van der Waals surface area contributed by atoms with Crippen molar-refractivity contribution in [2.45, 2.75) is 20.5 Å². The Hall–Kier alpha value is -3.32. The second-order valence-corrected chi connectivity index (χ2v) is 7.82. The smallest absolute Gasteiger partial charge is 0.276 e. The summed E-state index contributed by atoms with van der Waals surface area (Å²) in [5.74, 6) is 0.440. The molecule has 3 rings (SSSR count). The van der Waals surface area contributed by atoms with Gasteiger partial charge in [-0.05, 0) is 49.7 Å². The van der Waals surface area contributed by atoms with Crippen LogP contribution >= 0.6 is 11.3 Å². The highest BCUT2D eigenvalue weighted by Crippen LogP contribution is 2.20. The van der Waals surface area contributed by atoms with E-state index in [1.807, 2.05) is 44.2 Å². The Kier molecular flexibility index (Phi) is 6.86. The lowest BCUT2D eigenvalue weighted by molar-refractivity contribution is -0.123. The molecule has 0 saturated carbocycles. The van der Waals surface area contributed by atoms with Crippen molar-refractivity contribution < 1.29 is 19.1 Å². The van der Waals surface area contributed by atoms with Crippen LogP contribution in [0.3, 0.4) is 0 Å². The molecule has 6 nitrogen and oxygen atoms in total. The molecule has 1 aromatic heterocycles. The normalized spacial score (nSPS) is 10.3. The first-order chi connectivity index (χ1) is 14.0. The number of carbonyl (C=O) groups is 2. The third kappa shape index (κ3) is 6.08. The topological polar surface area (TPSA) is 76.7 Å². The summed E-state index contributed by atoms with van der Waals surface area (Å²) in [5.41, 5.74) is 6.39. The predicted octanol–water partition coefficient (Wildman–Crippen LogP) is 3.78. The van der Waals surface area contributed by atoms with Crippen LogP contribution in [0.25, 0.3) is 0 Å². The average Bonchev–Trinajstić information content (AvgIpc) is 3.08. The standard InChI is InChI=1S/C22H22N2O4S/c1-15-12-20(16(2)29-15)22(26)24-23-21(25)14-28-19-10-8-18(9-11-19)27-13-17-6-4-3-5-7-17/h3-12H,13-14H2,1-2H3,(H,23,25)(H,24,26). The Bertz CT molecular complexity index is 968. The summed E-state index contributed by atoms with van der Waals surface area (Å²) in [6.07, 6.45) is 0. The number of hydrogen-bond acceptors (Lipinski definition) is 5. The number of ether oxygens (including phenoxy) is 2. The molecule has 7 heteroatoms. The molecule has 29 heavy (non-hydrogen) atoms. The van der Waals surface area contributed by atoms with Gasteiger partial charge in [0, 0.05) is 9.75 Å². The molecule has 1 heterocycles. The van der Waals surface area contributed by atoms with Crippen LogP contribution in [0.1, 0.15) is 25.7 Å². The van der Waals surface area contributed by atoms with E-state index >= 15 is 0 Å². The van der Waals surface area contributed by atoms with Crippen molar-refractivity contribution in [1.29, 1.82) is 0 Å². The Balaban J connectivity index is 1.40. The molecule has 0 fully saturated rings. The van der Waals surface area contributed by atoms with E-state index in [0.717, 1.165) is 15.3 Å². The molecule has 0 bridgehead atoms. The fourth-order valence-electron chi connectivity index (χ4n) is 2.61. The molecule has 0 unspecified atom stereocenters. The van der Waals surface area contributed by atoms with Gasteiger partial charge in [0.2, 0.25) is 0 Å². The van der Waals surface area contributed by atoms with Crippen molar-refractivity contribution in [2.75, 3.05) is 6.61 Å². The predicted molar refractivity (Wildman–Crippen MR) is 112 cm³/mol. The van der Waals surface area contributed by atoms with Gasteiger partial charge in [0.1, 0.15) is 18.1 Å². The van der Waals surface area contributed by atoms with Crippen LogP contribution in [-0.4, -0.2) is 18.4 Å². The summed E-state index contributed by atoms with van der Waals surface area (Å²) in [6, 6.07) is 18.7. The minimum Gasteiger partial charge on any atom is -0.489 e. The summed E-state index contributed by atoms with van der Waals surface area (Å²) < 4.78 is 11.1. The zero-order valence-corrected chi connectivity index (χ0v) is 17.0. The van der Waals surface area contributed by atoms with Gasteiger partial charge in [-0.3, -0.25) is 20.4 Å². The van der Waals surface area contributed by atoms with Gasteiger partial charge in [-0.2, -0.15) is 0 Å². The zero-order valence-electron chi connectivity index (χ0n) is 16.2. The monoisotopic (exact) mass is 410 g/mol. The van der Waals surface area contributed by atoms with Crippen molar-refractivity contribution in [1.82, 2.24) is 10.9 Å². The molecule has 0 aliphatic heterocycles. The van der Waals surface area contributed by atoms with Crippen LogP contribution in [-0.2, 0) is 11.4 Å². The lowest BCUT2D eigenvalue weighted by atomic mass is 10.2. The summed E-state index contributed by atoms with van der Waals surface area (Å²) >= 11 is 1.53. The van der Waals surface area contributed by atoms with Gasteiger partial charge in [-0.1, -0.05) is 30.3 Å².